The molecule has 0 aromatic heterocycles. The summed E-state index contributed by atoms with van der Waals surface area (Å²) in [6.07, 6.45) is 2.89. The average Bonchev–Trinajstić information content (AvgIpc) is 2.35. The van der Waals surface area contributed by atoms with E-state index >= 15 is 0 Å². The van der Waals surface area contributed by atoms with Gasteiger partial charge < -0.3 is 5.32 Å². The summed E-state index contributed by atoms with van der Waals surface area (Å²) in [5.74, 6) is 0.365. The Morgan fingerprint density at radius 2 is 2.05 bits per heavy atom. The van der Waals surface area contributed by atoms with Gasteiger partial charge in [-0.1, -0.05) is 57.8 Å². The molecule has 1 unspecified atom stereocenters. The van der Waals surface area contributed by atoms with Crippen LogP contribution in [0.1, 0.15) is 46.1 Å². The van der Waals surface area contributed by atoms with Gasteiger partial charge in [-0.05, 0) is 42.3 Å². The zero-order chi connectivity index (χ0) is 15.2. The second kappa shape index (κ2) is 7.99. The molecule has 0 aliphatic rings. The van der Waals surface area contributed by atoms with Crippen LogP contribution >= 0.6 is 11.6 Å². The van der Waals surface area contributed by atoms with E-state index in [0.29, 0.717) is 5.92 Å². The zero-order valence-electron chi connectivity index (χ0n) is 13.1. The highest BCUT2D eigenvalue weighted by atomic mass is 35.5. The maximum Gasteiger partial charge on any atom is 0.144 e. The van der Waals surface area contributed by atoms with E-state index in [1.165, 1.54) is 0 Å². The lowest BCUT2D eigenvalue weighted by Gasteiger charge is -2.30. The van der Waals surface area contributed by atoms with Crippen molar-refractivity contribution < 1.29 is 4.39 Å². The van der Waals surface area contributed by atoms with E-state index in [0.717, 1.165) is 37.9 Å². The average molecular weight is 300 g/mol. The molecule has 0 heterocycles. The third kappa shape index (κ3) is 5.41. The Labute approximate surface area is 127 Å². The third-order valence-corrected chi connectivity index (χ3v) is 3.90. The van der Waals surface area contributed by atoms with Gasteiger partial charge in [0.25, 0.3) is 0 Å². The topological polar surface area (TPSA) is 12.0 Å². The van der Waals surface area contributed by atoms with Crippen LogP contribution in [0.2, 0.25) is 5.02 Å². The molecule has 0 saturated carbocycles. The summed E-state index contributed by atoms with van der Waals surface area (Å²) in [5, 5.41) is 3.73. The second-order valence-corrected chi connectivity index (χ2v) is 6.88. The molecule has 0 saturated heterocycles. The van der Waals surface area contributed by atoms with E-state index in [9.17, 15) is 4.39 Å². The van der Waals surface area contributed by atoms with Crippen LogP contribution in [0.4, 0.5) is 4.39 Å². The standard InChI is InChI=1S/C17H27ClFN/c1-5-9-17(4,12-20-11-13(2)3)10-14-7-6-8-15(18)16(14)19/h6-8,13,20H,5,9-12H2,1-4H3. The number of nitrogens with one attached hydrogen (secondary N) is 1. The van der Waals surface area contributed by atoms with Crippen molar-refractivity contribution in [3.63, 3.8) is 0 Å². The summed E-state index contributed by atoms with van der Waals surface area (Å²) in [5.41, 5.74) is 0.787. The summed E-state index contributed by atoms with van der Waals surface area (Å²) < 4.78 is 14.1. The van der Waals surface area contributed by atoms with Crippen molar-refractivity contribution in [2.75, 3.05) is 13.1 Å². The first kappa shape index (κ1) is 17.5. The molecule has 20 heavy (non-hydrogen) atoms. The van der Waals surface area contributed by atoms with Gasteiger partial charge in [0.1, 0.15) is 5.82 Å². The third-order valence-electron chi connectivity index (χ3n) is 3.61. The minimum atomic E-state index is -0.264. The van der Waals surface area contributed by atoms with E-state index in [1.807, 2.05) is 12.1 Å². The fourth-order valence-electron chi connectivity index (χ4n) is 2.65. The Kier molecular flexibility index (Phi) is 6.97. The van der Waals surface area contributed by atoms with Crippen molar-refractivity contribution in [1.82, 2.24) is 5.32 Å². The Morgan fingerprint density at radius 1 is 1.35 bits per heavy atom. The summed E-state index contributed by atoms with van der Waals surface area (Å²) in [7, 11) is 0. The zero-order valence-corrected chi connectivity index (χ0v) is 13.9. The summed E-state index contributed by atoms with van der Waals surface area (Å²) in [6, 6.07) is 5.28. The Hall–Kier alpha value is -0.600. The molecule has 1 atom stereocenters. The van der Waals surface area contributed by atoms with Crippen LogP contribution in [-0.2, 0) is 6.42 Å². The molecule has 0 aliphatic heterocycles. The Bertz CT molecular complexity index is 419. The maximum absolute atomic E-state index is 14.1. The predicted molar refractivity (Wildman–Crippen MR) is 85.8 cm³/mol. The molecule has 1 aromatic carbocycles. The first-order chi connectivity index (χ1) is 9.38. The second-order valence-electron chi connectivity index (χ2n) is 6.48. The Morgan fingerprint density at radius 3 is 2.65 bits per heavy atom. The van der Waals surface area contributed by atoms with Crippen LogP contribution in [0.25, 0.3) is 0 Å². The smallest absolute Gasteiger partial charge is 0.144 e. The van der Waals surface area contributed by atoms with Gasteiger partial charge in [-0.3, -0.25) is 0 Å². The SMILES string of the molecule is CCCC(C)(CNCC(C)C)Cc1cccc(Cl)c1F. The number of benzene rings is 1. The molecule has 1 nitrogen and oxygen atoms in total. The number of halogens is 2. The molecular weight excluding hydrogens is 273 g/mol. The van der Waals surface area contributed by atoms with Crippen molar-refractivity contribution in [1.29, 1.82) is 0 Å². The lowest BCUT2D eigenvalue weighted by atomic mass is 9.79. The monoisotopic (exact) mass is 299 g/mol. The highest BCUT2D eigenvalue weighted by Gasteiger charge is 2.25. The highest BCUT2D eigenvalue weighted by molar-refractivity contribution is 6.30. The number of hydrogen-bond acceptors (Lipinski definition) is 1. The molecule has 0 spiro atoms. The molecule has 1 aromatic rings. The lowest BCUT2D eigenvalue weighted by molar-refractivity contribution is 0.268. The summed E-state index contributed by atoms with van der Waals surface area (Å²) in [6.45, 7) is 10.7. The fourth-order valence-corrected chi connectivity index (χ4v) is 2.84. The van der Waals surface area contributed by atoms with Gasteiger partial charge in [0.15, 0.2) is 0 Å². The van der Waals surface area contributed by atoms with Gasteiger partial charge in [-0.25, -0.2) is 4.39 Å². The summed E-state index contributed by atoms with van der Waals surface area (Å²) >= 11 is 5.88. The molecule has 114 valence electrons. The highest BCUT2D eigenvalue weighted by Crippen LogP contribution is 2.30. The molecule has 0 amide bonds. The fraction of sp³-hybridized carbons (Fsp3) is 0.647. The lowest BCUT2D eigenvalue weighted by Crippen LogP contribution is -2.35. The van der Waals surface area contributed by atoms with E-state index in [-0.39, 0.29) is 16.3 Å². The normalized spacial score (nSPS) is 14.6. The minimum Gasteiger partial charge on any atom is -0.316 e. The Balaban J connectivity index is 2.76. The van der Waals surface area contributed by atoms with Gasteiger partial charge in [-0.15, -0.1) is 0 Å². The van der Waals surface area contributed by atoms with Crippen LogP contribution < -0.4 is 5.32 Å². The maximum atomic E-state index is 14.1. The first-order valence-corrected chi connectivity index (χ1v) is 7.89. The molecule has 0 aliphatic carbocycles. The molecule has 0 bridgehead atoms. The van der Waals surface area contributed by atoms with Crippen molar-refractivity contribution in [2.45, 2.75) is 47.0 Å². The van der Waals surface area contributed by atoms with Crippen molar-refractivity contribution in [2.24, 2.45) is 11.3 Å². The molecule has 3 heteroatoms. The summed E-state index contributed by atoms with van der Waals surface area (Å²) in [4.78, 5) is 0. The van der Waals surface area contributed by atoms with Gasteiger partial charge in [0.05, 0.1) is 5.02 Å². The van der Waals surface area contributed by atoms with E-state index in [2.05, 4.69) is 33.0 Å². The first-order valence-electron chi connectivity index (χ1n) is 7.51. The van der Waals surface area contributed by atoms with E-state index in [4.69, 9.17) is 11.6 Å². The van der Waals surface area contributed by atoms with Crippen LogP contribution in [0, 0.1) is 17.2 Å². The molecular formula is C17H27ClFN. The van der Waals surface area contributed by atoms with Gasteiger partial charge in [-0.2, -0.15) is 0 Å². The van der Waals surface area contributed by atoms with Crippen molar-refractivity contribution >= 4 is 11.6 Å². The van der Waals surface area contributed by atoms with Crippen molar-refractivity contribution in [3.05, 3.63) is 34.6 Å². The predicted octanol–water partition coefficient (Wildman–Crippen LogP) is 5.07. The minimum absolute atomic E-state index is 0.0646. The van der Waals surface area contributed by atoms with E-state index < -0.39 is 0 Å². The number of rotatable bonds is 8. The van der Waals surface area contributed by atoms with Crippen LogP contribution in [0.15, 0.2) is 18.2 Å². The molecule has 1 rings (SSSR count). The molecule has 0 radical (unpaired) electrons. The van der Waals surface area contributed by atoms with Crippen LogP contribution in [0.5, 0.6) is 0 Å². The van der Waals surface area contributed by atoms with Gasteiger partial charge >= 0.3 is 0 Å². The van der Waals surface area contributed by atoms with Crippen molar-refractivity contribution in [3.8, 4) is 0 Å². The number of hydrogen-bond donors (Lipinski definition) is 1. The van der Waals surface area contributed by atoms with Gasteiger partial charge in [0.2, 0.25) is 0 Å². The molecule has 1 N–H and O–H groups in total. The van der Waals surface area contributed by atoms with Gasteiger partial charge in [0, 0.05) is 6.54 Å². The quantitative estimate of drug-likeness (QED) is 0.706. The van der Waals surface area contributed by atoms with Crippen LogP contribution in [-0.4, -0.2) is 13.1 Å². The largest absolute Gasteiger partial charge is 0.316 e. The van der Waals surface area contributed by atoms with Crippen LogP contribution in [0.3, 0.4) is 0 Å². The molecule has 0 fully saturated rings. The van der Waals surface area contributed by atoms with E-state index in [1.54, 1.807) is 6.07 Å².